The van der Waals surface area contributed by atoms with Crippen LogP contribution in [-0.4, -0.2) is 55.8 Å². The summed E-state index contributed by atoms with van der Waals surface area (Å²) in [5.74, 6) is -0.157. The Labute approximate surface area is 170 Å². The van der Waals surface area contributed by atoms with Crippen molar-refractivity contribution in [1.82, 2.24) is 0 Å². The van der Waals surface area contributed by atoms with Crippen molar-refractivity contribution in [2.24, 2.45) is 5.92 Å². The summed E-state index contributed by atoms with van der Waals surface area (Å²) in [7, 11) is 0. The Bertz CT molecular complexity index is 368. The van der Waals surface area contributed by atoms with E-state index in [0.717, 1.165) is 31.3 Å². The molecule has 0 heterocycles. The second kappa shape index (κ2) is 15.2. The molecule has 0 fully saturated rings. The van der Waals surface area contributed by atoms with E-state index in [4.69, 9.17) is 5.11 Å². The summed E-state index contributed by atoms with van der Waals surface area (Å²) in [6, 6.07) is 0. The van der Waals surface area contributed by atoms with Gasteiger partial charge in [-0.15, -0.1) is 0 Å². The summed E-state index contributed by atoms with van der Waals surface area (Å²) in [5, 5.41) is 38.9. The molecular weight excluding hydrogens is 368 g/mol. The highest BCUT2D eigenvalue weighted by Gasteiger charge is 2.16. The number of hydrogen-bond donors (Lipinski definition) is 6. The molecule has 0 aromatic carbocycles. The van der Waals surface area contributed by atoms with Gasteiger partial charge in [0.2, 0.25) is 0 Å². The maximum Gasteiger partial charge on any atom is 0.0744 e. The molecule has 6 heteroatoms. The number of rotatable bonds is 16. The van der Waals surface area contributed by atoms with Gasteiger partial charge in [-0.2, -0.15) is 25.3 Å². The van der Waals surface area contributed by atoms with E-state index < -0.39 is 18.3 Å². The number of aliphatic hydroxyl groups is 4. The Morgan fingerprint density at radius 2 is 1.35 bits per heavy atom. The lowest BCUT2D eigenvalue weighted by Crippen LogP contribution is -2.19. The van der Waals surface area contributed by atoms with Gasteiger partial charge in [-0.05, 0) is 77.6 Å². The molecule has 1 radical (unpaired) electrons. The van der Waals surface area contributed by atoms with Crippen molar-refractivity contribution in [3.05, 3.63) is 19.1 Å². The topological polar surface area (TPSA) is 80.9 Å². The Hall–Kier alpha value is 0.280. The van der Waals surface area contributed by atoms with Gasteiger partial charge in [0.25, 0.3) is 0 Å². The van der Waals surface area contributed by atoms with Crippen LogP contribution in [0.1, 0.15) is 64.7 Å². The smallest absolute Gasteiger partial charge is 0.0744 e. The number of hydrogen-bond acceptors (Lipinski definition) is 6. The van der Waals surface area contributed by atoms with Crippen LogP contribution >= 0.6 is 25.3 Å². The van der Waals surface area contributed by atoms with Gasteiger partial charge in [0.1, 0.15) is 0 Å². The van der Waals surface area contributed by atoms with Crippen molar-refractivity contribution in [1.29, 1.82) is 0 Å². The fourth-order valence-corrected chi connectivity index (χ4v) is 3.48. The minimum absolute atomic E-state index is 0.0278. The van der Waals surface area contributed by atoms with E-state index in [1.807, 2.05) is 6.92 Å². The van der Waals surface area contributed by atoms with Gasteiger partial charge in [0, 0.05) is 17.1 Å². The van der Waals surface area contributed by atoms with E-state index in [1.165, 1.54) is 0 Å². The van der Waals surface area contributed by atoms with E-state index in [1.54, 1.807) is 0 Å². The first-order valence-electron chi connectivity index (χ1n) is 9.67. The molecule has 0 amide bonds. The maximum atomic E-state index is 10.0. The first-order chi connectivity index (χ1) is 12.2. The zero-order valence-electron chi connectivity index (χ0n) is 16.1. The molecule has 0 bridgehead atoms. The van der Waals surface area contributed by atoms with Crippen LogP contribution in [0.5, 0.6) is 0 Å². The van der Waals surface area contributed by atoms with Crippen LogP contribution in [0.4, 0.5) is 0 Å². The quantitative estimate of drug-likeness (QED) is 0.175. The monoisotopic (exact) mass is 407 g/mol. The fourth-order valence-electron chi connectivity index (χ4n) is 2.82. The molecule has 26 heavy (non-hydrogen) atoms. The number of aliphatic hydroxyl groups excluding tert-OH is 4. The van der Waals surface area contributed by atoms with Crippen molar-refractivity contribution in [3.8, 4) is 0 Å². The predicted octanol–water partition coefficient (Wildman–Crippen LogP) is 3.20. The lowest BCUT2D eigenvalue weighted by Gasteiger charge is -2.20. The molecule has 0 aliphatic carbocycles. The standard InChI is InChI=1S/C20H39O4S2/c1-14(2)18(24)7-5-9-20(26)19(25)8-4-6-16(22)10-11-17(23)12-15(3)13-21/h15-26H,1,3-13H2,2H3. The zero-order valence-corrected chi connectivity index (χ0v) is 17.9. The van der Waals surface area contributed by atoms with Crippen LogP contribution in [0.2, 0.25) is 0 Å². The summed E-state index contributed by atoms with van der Waals surface area (Å²) in [6.07, 6.45) is 5.09. The SMILES string of the molecule is [CH2]C(CO)CC(O)CCC(O)CCCC(S)C(S)CCCC(O)C(=C)C. The van der Waals surface area contributed by atoms with E-state index in [-0.39, 0.29) is 23.0 Å². The molecule has 0 aliphatic heterocycles. The second-order valence-corrected chi connectivity index (χ2v) is 8.85. The highest BCUT2D eigenvalue weighted by Crippen LogP contribution is 2.23. The van der Waals surface area contributed by atoms with Crippen molar-refractivity contribution in [2.75, 3.05) is 6.61 Å². The van der Waals surface area contributed by atoms with Gasteiger partial charge in [-0.3, -0.25) is 0 Å². The Morgan fingerprint density at radius 3 is 1.85 bits per heavy atom. The molecule has 0 aliphatic rings. The van der Waals surface area contributed by atoms with Crippen LogP contribution < -0.4 is 0 Å². The normalized spacial score (nSPS) is 18.8. The van der Waals surface area contributed by atoms with Crippen LogP contribution in [0.25, 0.3) is 0 Å². The molecule has 0 aromatic heterocycles. The molecule has 6 atom stereocenters. The minimum atomic E-state index is -0.520. The largest absolute Gasteiger partial charge is 0.396 e. The highest BCUT2D eigenvalue weighted by molar-refractivity contribution is 7.85. The molecule has 155 valence electrons. The maximum absolute atomic E-state index is 10.0. The lowest BCUT2D eigenvalue weighted by molar-refractivity contribution is 0.0886. The highest BCUT2D eigenvalue weighted by atomic mass is 32.1. The van der Waals surface area contributed by atoms with Crippen LogP contribution in [0.3, 0.4) is 0 Å². The third-order valence-electron chi connectivity index (χ3n) is 4.72. The molecule has 0 saturated carbocycles. The summed E-state index contributed by atoms with van der Waals surface area (Å²) < 4.78 is 0. The van der Waals surface area contributed by atoms with Crippen LogP contribution in [-0.2, 0) is 0 Å². The molecule has 6 unspecified atom stereocenters. The van der Waals surface area contributed by atoms with Gasteiger partial charge in [0.15, 0.2) is 0 Å². The zero-order chi connectivity index (χ0) is 20.1. The summed E-state index contributed by atoms with van der Waals surface area (Å²) in [4.78, 5) is 0. The molecule has 4 nitrogen and oxygen atoms in total. The molecule has 0 rings (SSSR count). The lowest BCUT2D eigenvalue weighted by atomic mass is 9.98. The second-order valence-electron chi connectivity index (χ2n) is 7.53. The van der Waals surface area contributed by atoms with E-state index in [0.29, 0.717) is 32.1 Å². The molecular formula is C20H39O4S2. The Balaban J connectivity index is 3.81. The van der Waals surface area contributed by atoms with E-state index in [9.17, 15) is 15.3 Å². The minimum Gasteiger partial charge on any atom is -0.396 e. The van der Waals surface area contributed by atoms with E-state index in [2.05, 4.69) is 38.8 Å². The Kier molecular flexibility index (Phi) is 15.4. The molecule has 4 N–H and O–H groups in total. The van der Waals surface area contributed by atoms with Gasteiger partial charge in [0.05, 0.1) is 18.3 Å². The molecule has 0 spiro atoms. The third-order valence-corrected chi connectivity index (χ3v) is 6.20. The van der Waals surface area contributed by atoms with Crippen molar-refractivity contribution >= 4 is 25.3 Å². The predicted molar refractivity (Wildman–Crippen MR) is 116 cm³/mol. The fraction of sp³-hybridized carbons (Fsp3) is 0.850. The van der Waals surface area contributed by atoms with Crippen molar-refractivity contribution < 1.29 is 20.4 Å². The number of thiol groups is 2. The molecule has 0 aromatic rings. The van der Waals surface area contributed by atoms with Crippen molar-refractivity contribution in [3.63, 3.8) is 0 Å². The summed E-state index contributed by atoms with van der Waals surface area (Å²) in [6.45, 7) is 9.30. The van der Waals surface area contributed by atoms with Crippen LogP contribution in [0.15, 0.2) is 12.2 Å². The summed E-state index contributed by atoms with van der Waals surface area (Å²) in [5.41, 5.74) is 0.796. The average molecular weight is 408 g/mol. The first-order valence-corrected chi connectivity index (χ1v) is 10.7. The summed E-state index contributed by atoms with van der Waals surface area (Å²) >= 11 is 9.23. The Morgan fingerprint density at radius 1 is 0.846 bits per heavy atom. The average Bonchev–Trinajstić information content (AvgIpc) is 2.59. The van der Waals surface area contributed by atoms with Crippen LogP contribution in [0, 0.1) is 12.8 Å². The third kappa shape index (κ3) is 13.4. The van der Waals surface area contributed by atoms with E-state index >= 15 is 0 Å². The first kappa shape index (κ1) is 26.3. The van der Waals surface area contributed by atoms with Gasteiger partial charge in [-0.25, -0.2) is 0 Å². The molecule has 0 saturated heterocycles. The van der Waals surface area contributed by atoms with Gasteiger partial charge >= 0.3 is 0 Å². The van der Waals surface area contributed by atoms with Gasteiger partial charge < -0.3 is 20.4 Å². The van der Waals surface area contributed by atoms with Gasteiger partial charge in [-0.1, -0.05) is 12.2 Å². The van der Waals surface area contributed by atoms with Crippen molar-refractivity contribution in [2.45, 2.75) is 93.5 Å².